The first-order valence-corrected chi connectivity index (χ1v) is 11.4. The smallest absolute Gasteiger partial charge is 0.280 e. The van der Waals surface area contributed by atoms with Crippen LogP contribution in [0, 0.1) is 13.8 Å². The second-order valence-corrected chi connectivity index (χ2v) is 8.78. The molecule has 0 aliphatic carbocycles. The molecule has 4 aromatic rings. The highest BCUT2D eigenvalue weighted by Crippen LogP contribution is 2.43. The molecular formula is C22H23F2N7O2S. The zero-order valence-electron chi connectivity index (χ0n) is 18.8. The molecule has 4 rings (SSSR count). The van der Waals surface area contributed by atoms with E-state index in [0.29, 0.717) is 29.6 Å². The first-order valence-electron chi connectivity index (χ1n) is 10.6. The van der Waals surface area contributed by atoms with Gasteiger partial charge in [-0.15, -0.1) is 11.3 Å². The number of nitrogens with two attached hydrogens (primary N) is 1. The van der Waals surface area contributed by atoms with Crippen molar-refractivity contribution in [1.82, 2.24) is 24.5 Å². The van der Waals surface area contributed by atoms with E-state index in [-0.39, 0.29) is 27.7 Å². The minimum Gasteiger partial charge on any atom is -0.365 e. The third-order valence-corrected chi connectivity index (χ3v) is 6.52. The number of aryl methyl sites for hydroxylation is 3. The van der Waals surface area contributed by atoms with Crippen molar-refractivity contribution in [3.63, 3.8) is 0 Å². The Bertz CT molecular complexity index is 1390. The number of carbonyl (C=O) groups excluding carboxylic acids is 2. The number of carbonyl (C=O) groups is 2. The molecule has 12 heteroatoms. The van der Waals surface area contributed by atoms with Gasteiger partial charge in [0.15, 0.2) is 0 Å². The topological polar surface area (TPSA) is 121 Å². The van der Waals surface area contributed by atoms with E-state index in [0.717, 1.165) is 22.6 Å². The Morgan fingerprint density at radius 3 is 2.56 bits per heavy atom. The molecule has 0 atom stereocenters. The number of alkyl halides is 2. The van der Waals surface area contributed by atoms with Crippen LogP contribution >= 0.6 is 11.3 Å². The Kier molecular flexibility index (Phi) is 6.42. The molecule has 178 valence electrons. The van der Waals surface area contributed by atoms with Gasteiger partial charge < -0.3 is 11.1 Å². The first kappa shape index (κ1) is 23.5. The number of thiophene rings is 1. The molecule has 0 saturated heterocycles. The van der Waals surface area contributed by atoms with E-state index in [4.69, 9.17) is 5.73 Å². The molecule has 4 heterocycles. The number of nitrogens with zero attached hydrogens (tertiary/aromatic N) is 5. The zero-order chi connectivity index (χ0) is 24.6. The highest BCUT2D eigenvalue weighted by atomic mass is 32.1. The summed E-state index contributed by atoms with van der Waals surface area (Å²) in [5.74, 6) is -1.16. The van der Waals surface area contributed by atoms with Crippen LogP contribution in [0.25, 0.3) is 21.3 Å². The van der Waals surface area contributed by atoms with Crippen molar-refractivity contribution in [3.05, 3.63) is 46.5 Å². The van der Waals surface area contributed by atoms with Gasteiger partial charge in [-0.05, 0) is 38.0 Å². The third kappa shape index (κ3) is 4.40. The number of rotatable bonds is 8. The predicted molar refractivity (Wildman–Crippen MR) is 125 cm³/mol. The molecule has 0 spiro atoms. The van der Waals surface area contributed by atoms with Crippen molar-refractivity contribution < 1.29 is 18.4 Å². The van der Waals surface area contributed by atoms with Crippen molar-refractivity contribution in [2.45, 2.75) is 46.7 Å². The minimum atomic E-state index is -2.82. The second-order valence-electron chi connectivity index (χ2n) is 7.78. The first-order chi connectivity index (χ1) is 16.2. The maximum atomic E-state index is 13.7. The molecule has 0 aliphatic heterocycles. The fraction of sp³-hybridized carbons (Fsp3) is 0.318. The Morgan fingerprint density at radius 2 is 1.97 bits per heavy atom. The van der Waals surface area contributed by atoms with Gasteiger partial charge in [0.25, 0.3) is 12.3 Å². The van der Waals surface area contributed by atoms with Gasteiger partial charge in [0.1, 0.15) is 15.4 Å². The zero-order valence-corrected chi connectivity index (χ0v) is 19.6. The van der Waals surface area contributed by atoms with Crippen molar-refractivity contribution in [3.8, 4) is 11.1 Å². The van der Waals surface area contributed by atoms with Crippen molar-refractivity contribution in [2.24, 2.45) is 5.73 Å². The number of hydrogen-bond acceptors (Lipinski definition) is 6. The summed E-state index contributed by atoms with van der Waals surface area (Å²) in [5, 5.41) is 11.6. The maximum Gasteiger partial charge on any atom is 0.280 e. The van der Waals surface area contributed by atoms with Crippen molar-refractivity contribution in [2.75, 3.05) is 5.32 Å². The number of aromatic nitrogens is 5. The lowest BCUT2D eigenvalue weighted by Crippen LogP contribution is -2.18. The monoisotopic (exact) mass is 487 g/mol. The summed E-state index contributed by atoms with van der Waals surface area (Å²) in [4.78, 5) is 29.3. The lowest BCUT2D eigenvalue weighted by Gasteiger charge is -2.11. The van der Waals surface area contributed by atoms with Gasteiger partial charge in [0, 0.05) is 42.4 Å². The molecule has 2 amide bonds. The summed E-state index contributed by atoms with van der Waals surface area (Å²) < 4.78 is 30.7. The van der Waals surface area contributed by atoms with Crippen LogP contribution in [0.5, 0.6) is 0 Å². The number of primary amides is 1. The van der Waals surface area contributed by atoms with E-state index >= 15 is 0 Å². The van der Waals surface area contributed by atoms with Gasteiger partial charge in [-0.3, -0.25) is 19.0 Å². The molecule has 0 radical (unpaired) electrons. The van der Waals surface area contributed by atoms with E-state index < -0.39 is 18.0 Å². The Morgan fingerprint density at radius 1 is 1.21 bits per heavy atom. The molecule has 3 N–H and O–H groups in total. The maximum absolute atomic E-state index is 13.7. The van der Waals surface area contributed by atoms with Gasteiger partial charge in [-0.1, -0.05) is 0 Å². The number of anilines is 1. The molecule has 0 aliphatic rings. The average molecular weight is 488 g/mol. The van der Waals surface area contributed by atoms with Crippen LogP contribution in [0.3, 0.4) is 0 Å². The Labute approximate surface area is 197 Å². The number of pyridine rings is 1. The Balaban J connectivity index is 1.82. The Hall–Kier alpha value is -3.67. The van der Waals surface area contributed by atoms with E-state index in [2.05, 4.69) is 20.5 Å². The van der Waals surface area contributed by atoms with Crippen molar-refractivity contribution in [1.29, 1.82) is 0 Å². The number of hydrogen-bond donors (Lipinski definition) is 2. The molecule has 0 aromatic carbocycles. The second kappa shape index (κ2) is 9.29. The molecular weight excluding hydrogens is 464 g/mol. The van der Waals surface area contributed by atoms with E-state index in [1.807, 2.05) is 27.0 Å². The van der Waals surface area contributed by atoms with Gasteiger partial charge >= 0.3 is 0 Å². The molecule has 34 heavy (non-hydrogen) atoms. The van der Waals surface area contributed by atoms with Crippen LogP contribution in [0.2, 0.25) is 0 Å². The van der Waals surface area contributed by atoms with Gasteiger partial charge in [-0.2, -0.15) is 10.2 Å². The fourth-order valence-electron chi connectivity index (χ4n) is 3.77. The van der Waals surface area contributed by atoms with E-state index in [1.54, 1.807) is 21.8 Å². The fourth-order valence-corrected chi connectivity index (χ4v) is 4.79. The van der Waals surface area contributed by atoms with Crippen LogP contribution in [-0.2, 0) is 17.9 Å². The third-order valence-electron chi connectivity index (χ3n) is 5.42. The number of nitrogens with one attached hydrogen (secondary N) is 1. The van der Waals surface area contributed by atoms with Gasteiger partial charge in [-0.25, -0.2) is 13.8 Å². The summed E-state index contributed by atoms with van der Waals surface area (Å²) in [6.07, 6.45) is 2.34. The highest BCUT2D eigenvalue weighted by molar-refractivity contribution is 7.21. The molecule has 0 unspecified atom stereocenters. The number of fused-ring (bicyclic) bond motifs is 1. The summed E-state index contributed by atoms with van der Waals surface area (Å²) in [6.45, 7) is 6.56. The predicted octanol–water partition coefficient (Wildman–Crippen LogP) is 4.06. The van der Waals surface area contributed by atoms with E-state index in [1.165, 1.54) is 6.07 Å². The lowest BCUT2D eigenvalue weighted by molar-refractivity contribution is -0.116. The summed E-state index contributed by atoms with van der Waals surface area (Å²) >= 11 is 0.872. The summed E-state index contributed by atoms with van der Waals surface area (Å²) in [5.41, 5.74) is 8.04. The average Bonchev–Trinajstić information content (AvgIpc) is 3.48. The molecule has 0 fully saturated rings. The molecule has 0 bridgehead atoms. The van der Waals surface area contributed by atoms with Crippen molar-refractivity contribution >= 4 is 39.1 Å². The minimum absolute atomic E-state index is 0.0407. The SMILES string of the molecule is CCn1ncc(-c2cc(C(F)F)nc3sc(C(N)=O)c(NC(=O)CCn4cc(C)cn4)c23)c1C. The van der Waals surface area contributed by atoms with Crippen LogP contribution in [0.1, 0.15) is 46.4 Å². The van der Waals surface area contributed by atoms with Gasteiger partial charge in [0.2, 0.25) is 5.91 Å². The summed E-state index contributed by atoms with van der Waals surface area (Å²) in [7, 11) is 0. The van der Waals surface area contributed by atoms with Gasteiger partial charge in [0.05, 0.1) is 18.1 Å². The largest absolute Gasteiger partial charge is 0.365 e. The van der Waals surface area contributed by atoms with E-state index in [9.17, 15) is 18.4 Å². The summed E-state index contributed by atoms with van der Waals surface area (Å²) in [6, 6.07) is 1.27. The number of amides is 2. The molecule has 0 saturated carbocycles. The van der Waals surface area contributed by atoms with Crippen LogP contribution in [-0.4, -0.2) is 36.4 Å². The number of halogens is 2. The molecule has 4 aromatic heterocycles. The normalized spacial score (nSPS) is 11.5. The quantitative estimate of drug-likeness (QED) is 0.388. The highest BCUT2D eigenvalue weighted by Gasteiger charge is 2.26. The lowest BCUT2D eigenvalue weighted by atomic mass is 10.0. The van der Waals surface area contributed by atoms with Crippen LogP contribution in [0.15, 0.2) is 24.7 Å². The van der Waals surface area contributed by atoms with Crippen LogP contribution < -0.4 is 11.1 Å². The molecule has 9 nitrogen and oxygen atoms in total. The standard InChI is InChI=1S/C22H23F2N7O2S/c1-4-31-12(3)14(9-27-31)13-7-15(20(23)24)28-22-17(13)18(19(34-22)21(25)33)29-16(32)5-6-30-10-11(2)8-26-30/h7-10,20H,4-6H2,1-3H3,(H2,25,33)(H,29,32). The van der Waals surface area contributed by atoms with Crippen LogP contribution in [0.4, 0.5) is 14.5 Å².